The summed E-state index contributed by atoms with van der Waals surface area (Å²) < 4.78 is 11.4. The summed E-state index contributed by atoms with van der Waals surface area (Å²) in [5.41, 5.74) is 8.83. The predicted molar refractivity (Wildman–Crippen MR) is 114 cm³/mol. The van der Waals surface area contributed by atoms with Gasteiger partial charge in [-0.25, -0.2) is 0 Å². The molecule has 0 spiro atoms. The van der Waals surface area contributed by atoms with Gasteiger partial charge in [0.25, 0.3) is 0 Å². The van der Waals surface area contributed by atoms with Crippen LogP contribution < -0.4 is 9.47 Å². The van der Waals surface area contributed by atoms with Crippen LogP contribution in [-0.2, 0) is 6.42 Å². The van der Waals surface area contributed by atoms with E-state index in [9.17, 15) is 0 Å². The molecule has 1 atom stereocenters. The zero-order valence-corrected chi connectivity index (χ0v) is 16.4. The van der Waals surface area contributed by atoms with Crippen molar-refractivity contribution >= 4 is 10.9 Å². The molecule has 0 saturated carbocycles. The highest BCUT2D eigenvalue weighted by molar-refractivity contribution is 5.91. The Balaban J connectivity index is 1.88. The second-order valence-corrected chi connectivity index (χ2v) is 7.23. The Morgan fingerprint density at radius 1 is 0.857 bits per heavy atom. The van der Waals surface area contributed by atoms with Gasteiger partial charge in [-0.2, -0.15) is 0 Å². The van der Waals surface area contributed by atoms with Gasteiger partial charge in [0.05, 0.1) is 14.2 Å². The number of rotatable bonds is 4. The summed E-state index contributed by atoms with van der Waals surface area (Å²) in [5, 5.41) is 1.28. The molecule has 0 saturated heterocycles. The van der Waals surface area contributed by atoms with Crippen LogP contribution in [-0.4, -0.2) is 19.2 Å². The minimum atomic E-state index is 0.137. The van der Waals surface area contributed by atoms with Crippen LogP contribution in [0.1, 0.15) is 35.2 Å². The number of ether oxygens (including phenoxy) is 2. The van der Waals surface area contributed by atoms with Crippen molar-refractivity contribution < 1.29 is 9.47 Å². The molecule has 1 N–H and O–H groups in total. The Labute approximate surface area is 164 Å². The summed E-state index contributed by atoms with van der Waals surface area (Å²) in [6.45, 7) is 2.21. The first kappa shape index (κ1) is 16.9. The number of aryl methyl sites for hydroxylation is 1. The van der Waals surface area contributed by atoms with Crippen LogP contribution in [0.5, 0.6) is 11.5 Å². The first-order valence-corrected chi connectivity index (χ1v) is 9.71. The fraction of sp³-hybridized carbons (Fsp3) is 0.200. The van der Waals surface area contributed by atoms with E-state index in [1.165, 1.54) is 44.4 Å². The van der Waals surface area contributed by atoms with Crippen molar-refractivity contribution in [2.24, 2.45) is 0 Å². The molecule has 28 heavy (non-hydrogen) atoms. The Hall–Kier alpha value is -3.20. The normalized spacial score (nSPS) is 14.8. The molecule has 0 amide bonds. The molecule has 5 rings (SSSR count). The third-order valence-electron chi connectivity index (χ3n) is 5.89. The number of H-pyrrole nitrogens is 1. The second-order valence-electron chi connectivity index (χ2n) is 7.23. The average Bonchev–Trinajstić information content (AvgIpc) is 3.28. The average molecular weight is 369 g/mol. The first-order valence-electron chi connectivity index (χ1n) is 9.71. The number of aromatic amines is 1. The largest absolute Gasteiger partial charge is 0.497 e. The Bertz CT molecular complexity index is 1190. The van der Waals surface area contributed by atoms with Gasteiger partial charge in [-0.15, -0.1) is 0 Å². The molecule has 4 aromatic rings. The van der Waals surface area contributed by atoms with E-state index < -0.39 is 0 Å². The summed E-state index contributed by atoms with van der Waals surface area (Å²) in [6.07, 6.45) is 0.955. The summed E-state index contributed by atoms with van der Waals surface area (Å²) in [7, 11) is 3.44. The van der Waals surface area contributed by atoms with E-state index in [1.54, 1.807) is 14.2 Å². The highest BCUT2D eigenvalue weighted by Gasteiger charge is 2.36. The first-order chi connectivity index (χ1) is 13.8. The second kappa shape index (κ2) is 6.45. The maximum Gasteiger partial charge on any atom is 0.127 e. The van der Waals surface area contributed by atoms with Crippen molar-refractivity contribution in [3.8, 4) is 22.6 Å². The highest BCUT2D eigenvalue weighted by Crippen LogP contribution is 2.54. The van der Waals surface area contributed by atoms with E-state index in [2.05, 4.69) is 66.5 Å². The molecule has 0 fully saturated rings. The van der Waals surface area contributed by atoms with E-state index in [-0.39, 0.29) is 5.92 Å². The lowest BCUT2D eigenvalue weighted by Gasteiger charge is -2.19. The fourth-order valence-electron chi connectivity index (χ4n) is 4.69. The van der Waals surface area contributed by atoms with Gasteiger partial charge >= 0.3 is 0 Å². The summed E-state index contributed by atoms with van der Waals surface area (Å²) in [4.78, 5) is 3.65. The Kier molecular flexibility index (Phi) is 3.90. The van der Waals surface area contributed by atoms with Crippen molar-refractivity contribution in [2.45, 2.75) is 19.3 Å². The number of aromatic nitrogens is 1. The number of methoxy groups -OCH3 is 2. The zero-order valence-electron chi connectivity index (χ0n) is 16.4. The molecule has 1 aromatic heterocycles. The molecule has 3 aromatic carbocycles. The molecular weight excluding hydrogens is 346 g/mol. The Morgan fingerprint density at radius 2 is 1.64 bits per heavy atom. The lowest BCUT2D eigenvalue weighted by Crippen LogP contribution is -2.04. The number of benzene rings is 3. The maximum absolute atomic E-state index is 5.85. The quantitative estimate of drug-likeness (QED) is 0.427. The number of nitrogens with one attached hydrogen (secondary N) is 1. The summed E-state index contributed by atoms with van der Waals surface area (Å²) in [5.74, 6) is 1.83. The van der Waals surface area contributed by atoms with E-state index >= 15 is 0 Å². The molecule has 1 aliphatic rings. The third kappa shape index (κ3) is 2.29. The van der Waals surface area contributed by atoms with Gasteiger partial charge in [-0.1, -0.05) is 49.4 Å². The van der Waals surface area contributed by atoms with Crippen LogP contribution >= 0.6 is 0 Å². The lowest BCUT2D eigenvalue weighted by molar-refractivity contribution is 0.391. The van der Waals surface area contributed by atoms with Gasteiger partial charge in [-0.05, 0) is 40.8 Å². The zero-order chi connectivity index (χ0) is 19.3. The summed E-state index contributed by atoms with van der Waals surface area (Å²) >= 11 is 0. The molecule has 0 bridgehead atoms. The van der Waals surface area contributed by atoms with Crippen molar-refractivity contribution in [1.82, 2.24) is 4.98 Å². The van der Waals surface area contributed by atoms with Crippen LogP contribution in [0.25, 0.3) is 22.0 Å². The van der Waals surface area contributed by atoms with Crippen LogP contribution in [0.4, 0.5) is 0 Å². The van der Waals surface area contributed by atoms with Crippen molar-refractivity contribution in [1.29, 1.82) is 0 Å². The van der Waals surface area contributed by atoms with E-state index in [0.717, 1.165) is 17.9 Å². The molecule has 1 heterocycles. The van der Waals surface area contributed by atoms with Gasteiger partial charge in [0.15, 0.2) is 0 Å². The molecule has 140 valence electrons. The fourth-order valence-corrected chi connectivity index (χ4v) is 4.69. The van der Waals surface area contributed by atoms with Gasteiger partial charge in [0.1, 0.15) is 11.5 Å². The molecule has 0 unspecified atom stereocenters. The van der Waals surface area contributed by atoms with Crippen LogP contribution in [0.3, 0.4) is 0 Å². The van der Waals surface area contributed by atoms with E-state index in [4.69, 9.17) is 9.47 Å². The summed E-state index contributed by atoms with van der Waals surface area (Å²) in [6, 6.07) is 21.4. The molecule has 0 aliphatic heterocycles. The van der Waals surface area contributed by atoms with E-state index in [0.29, 0.717) is 0 Å². The monoisotopic (exact) mass is 369 g/mol. The van der Waals surface area contributed by atoms with Gasteiger partial charge < -0.3 is 14.5 Å². The van der Waals surface area contributed by atoms with Crippen molar-refractivity contribution in [3.05, 3.63) is 83.0 Å². The minimum Gasteiger partial charge on any atom is -0.497 e. The topological polar surface area (TPSA) is 34.2 Å². The van der Waals surface area contributed by atoms with Crippen LogP contribution in [0.15, 0.2) is 60.7 Å². The van der Waals surface area contributed by atoms with Gasteiger partial charge in [0.2, 0.25) is 0 Å². The number of hydrogen-bond donors (Lipinski definition) is 1. The maximum atomic E-state index is 5.85. The predicted octanol–water partition coefficient (Wildman–Crippen LogP) is 5.91. The SMILES string of the molecule is CCc1[nH]c2ccccc2c1[C@@H]1c2ccccc2-c2cc(OC)cc(OC)c21. The van der Waals surface area contributed by atoms with Gasteiger partial charge in [-0.3, -0.25) is 0 Å². The van der Waals surface area contributed by atoms with Crippen molar-refractivity contribution in [2.75, 3.05) is 14.2 Å². The van der Waals surface area contributed by atoms with Crippen molar-refractivity contribution in [3.63, 3.8) is 0 Å². The molecule has 0 radical (unpaired) electrons. The van der Waals surface area contributed by atoms with Gasteiger partial charge in [0, 0.05) is 34.1 Å². The number of fused-ring (bicyclic) bond motifs is 4. The number of para-hydroxylation sites is 1. The highest BCUT2D eigenvalue weighted by atomic mass is 16.5. The Morgan fingerprint density at radius 3 is 2.43 bits per heavy atom. The van der Waals surface area contributed by atoms with Crippen LogP contribution in [0, 0.1) is 0 Å². The third-order valence-corrected chi connectivity index (χ3v) is 5.89. The molecular formula is C25H23NO2. The van der Waals surface area contributed by atoms with Crippen LogP contribution in [0.2, 0.25) is 0 Å². The smallest absolute Gasteiger partial charge is 0.127 e. The standard InChI is InChI=1S/C25H23NO2/c1-4-20-23(18-11-7-8-12-21(18)26-20)25-17-10-6-5-9-16(17)19-13-15(27-2)14-22(28-3)24(19)25/h5-14,25-26H,4H2,1-3H3/t25-/m0/s1. The minimum absolute atomic E-state index is 0.137. The lowest BCUT2D eigenvalue weighted by atomic mass is 9.86. The van der Waals surface area contributed by atoms with E-state index in [1.807, 2.05) is 6.07 Å². The number of hydrogen-bond acceptors (Lipinski definition) is 2. The molecule has 3 nitrogen and oxygen atoms in total. The molecule has 1 aliphatic carbocycles. The molecule has 3 heteroatoms.